The molecule has 0 atom stereocenters. The Morgan fingerprint density at radius 3 is 2.43 bits per heavy atom. The second-order valence-electron chi connectivity index (χ2n) is 8.77. The second kappa shape index (κ2) is 11.1. The molecule has 3 aromatic rings. The number of rotatable bonds is 3. The lowest BCUT2D eigenvalue weighted by Gasteiger charge is -2.30. The van der Waals surface area contributed by atoms with Gasteiger partial charge in [-0.3, -0.25) is 24.5 Å². The zero-order chi connectivity index (χ0) is 24.8. The molecule has 0 saturated heterocycles. The zero-order valence-electron chi connectivity index (χ0n) is 20.0. The summed E-state index contributed by atoms with van der Waals surface area (Å²) in [5.74, 6) is -0.906. The predicted octanol–water partition coefficient (Wildman–Crippen LogP) is 3.41. The zero-order valence-corrected chi connectivity index (χ0v) is 20.0. The maximum Gasteiger partial charge on any atom is 0.274 e. The fourth-order valence-corrected chi connectivity index (χ4v) is 4.26. The maximum absolute atomic E-state index is 14.4. The molecule has 182 valence electrons. The predicted molar refractivity (Wildman–Crippen MR) is 130 cm³/mol. The Labute approximate surface area is 204 Å². The number of aromatic nitrogens is 3. The summed E-state index contributed by atoms with van der Waals surface area (Å²) >= 11 is 0. The van der Waals surface area contributed by atoms with E-state index in [2.05, 4.69) is 33.7 Å². The van der Waals surface area contributed by atoms with Gasteiger partial charge in [0, 0.05) is 74.8 Å². The molecule has 0 bridgehead atoms. The Kier molecular flexibility index (Phi) is 7.77. The maximum atomic E-state index is 14.4. The molecule has 0 aliphatic carbocycles. The lowest BCUT2D eigenvalue weighted by Crippen LogP contribution is -2.41. The van der Waals surface area contributed by atoms with E-state index >= 15 is 0 Å². The third-order valence-electron chi connectivity index (χ3n) is 6.15. The van der Waals surface area contributed by atoms with Crippen molar-refractivity contribution in [2.75, 3.05) is 31.1 Å². The van der Waals surface area contributed by atoms with Crippen LogP contribution in [0.3, 0.4) is 0 Å². The number of pyridine rings is 1. The number of benzene rings is 1. The molecule has 2 amide bonds. The number of amides is 2. The normalized spacial score (nSPS) is 15.4. The number of carbonyl (C=O) groups is 2. The van der Waals surface area contributed by atoms with Crippen molar-refractivity contribution in [2.45, 2.75) is 32.9 Å². The van der Waals surface area contributed by atoms with E-state index in [-0.39, 0.29) is 30.1 Å². The van der Waals surface area contributed by atoms with Crippen LogP contribution in [-0.2, 0) is 6.54 Å². The summed E-state index contributed by atoms with van der Waals surface area (Å²) in [5.41, 5.74) is 1.87. The first-order valence-corrected chi connectivity index (χ1v) is 11.7. The van der Waals surface area contributed by atoms with Gasteiger partial charge in [0.1, 0.15) is 11.5 Å². The van der Waals surface area contributed by atoms with Crippen molar-refractivity contribution in [3.8, 4) is 0 Å². The quantitative estimate of drug-likeness (QED) is 0.576. The van der Waals surface area contributed by atoms with Crippen molar-refractivity contribution in [3.05, 3.63) is 84.0 Å². The number of fused-ring (bicyclic) bond motifs is 1. The van der Waals surface area contributed by atoms with E-state index in [0.717, 1.165) is 13.0 Å². The van der Waals surface area contributed by atoms with Gasteiger partial charge in [0.25, 0.3) is 11.8 Å². The van der Waals surface area contributed by atoms with Gasteiger partial charge < -0.3 is 9.80 Å². The Balaban J connectivity index is 1.76. The van der Waals surface area contributed by atoms with Crippen LogP contribution < -0.4 is 4.90 Å². The Hall–Kier alpha value is -3.72. The molecule has 0 spiro atoms. The van der Waals surface area contributed by atoms with Crippen LogP contribution in [0.15, 0.2) is 61.3 Å². The highest BCUT2D eigenvalue weighted by atomic mass is 19.1. The van der Waals surface area contributed by atoms with Crippen molar-refractivity contribution in [1.82, 2.24) is 24.8 Å². The fourth-order valence-electron chi connectivity index (χ4n) is 4.26. The van der Waals surface area contributed by atoms with Gasteiger partial charge in [-0.15, -0.1) is 0 Å². The Bertz CT molecular complexity index is 1160. The number of anilines is 1. The molecular formula is C26H29FN6O2. The molecule has 0 radical (unpaired) electrons. The fraction of sp³-hybridized carbons (Fsp3) is 0.346. The van der Waals surface area contributed by atoms with E-state index in [9.17, 15) is 14.0 Å². The van der Waals surface area contributed by atoms with Crippen molar-refractivity contribution in [1.29, 1.82) is 0 Å². The van der Waals surface area contributed by atoms with Crippen LogP contribution in [0.25, 0.3) is 0 Å². The SMILES string of the molecule is CC(C)N1CCCN(C(=O)c2ccncc2)c2ccc(F)cc2CN(C(=O)c2cnccn2)CC1. The van der Waals surface area contributed by atoms with Gasteiger partial charge in [-0.2, -0.15) is 0 Å². The van der Waals surface area contributed by atoms with E-state index in [0.29, 0.717) is 36.4 Å². The largest absolute Gasteiger partial charge is 0.332 e. The summed E-state index contributed by atoms with van der Waals surface area (Å²) in [5, 5.41) is 0. The standard InChI is InChI=1S/C26H29FN6O2/c1-19(2)31-12-3-13-33(25(34)20-6-8-28-9-7-20)24-5-4-22(27)16-21(24)18-32(15-14-31)26(35)23-17-29-10-11-30-23/h4-11,16-17,19H,3,12-15,18H2,1-2H3. The van der Waals surface area contributed by atoms with Crippen molar-refractivity contribution >= 4 is 17.5 Å². The van der Waals surface area contributed by atoms with Crippen molar-refractivity contribution in [2.24, 2.45) is 0 Å². The third kappa shape index (κ3) is 5.86. The minimum Gasteiger partial charge on any atom is -0.332 e. The van der Waals surface area contributed by atoms with Gasteiger partial charge in [-0.25, -0.2) is 9.37 Å². The molecule has 2 aromatic heterocycles. The number of hydrogen-bond acceptors (Lipinski definition) is 6. The first-order valence-electron chi connectivity index (χ1n) is 11.7. The van der Waals surface area contributed by atoms with Crippen molar-refractivity contribution < 1.29 is 14.0 Å². The van der Waals surface area contributed by atoms with Crippen LogP contribution in [0.2, 0.25) is 0 Å². The molecule has 1 aliphatic rings. The molecule has 1 aromatic carbocycles. The molecule has 35 heavy (non-hydrogen) atoms. The van der Waals surface area contributed by atoms with Gasteiger partial charge in [-0.05, 0) is 56.2 Å². The van der Waals surface area contributed by atoms with Crippen LogP contribution in [-0.4, -0.2) is 68.8 Å². The summed E-state index contributed by atoms with van der Waals surface area (Å²) < 4.78 is 14.4. The lowest BCUT2D eigenvalue weighted by molar-refractivity contribution is 0.0705. The number of hydrogen-bond donors (Lipinski definition) is 0. The molecule has 3 heterocycles. The number of carbonyl (C=O) groups excluding carboxylic acids is 2. The number of halogens is 1. The average Bonchev–Trinajstić information content (AvgIpc) is 2.91. The van der Waals surface area contributed by atoms with Gasteiger partial charge in [0.2, 0.25) is 0 Å². The van der Waals surface area contributed by atoms with Crippen LogP contribution in [0.5, 0.6) is 0 Å². The topological polar surface area (TPSA) is 82.5 Å². The highest BCUT2D eigenvalue weighted by Crippen LogP contribution is 2.27. The van der Waals surface area contributed by atoms with E-state index < -0.39 is 5.82 Å². The van der Waals surface area contributed by atoms with Crippen LogP contribution in [0.1, 0.15) is 46.7 Å². The molecular weight excluding hydrogens is 447 g/mol. The highest BCUT2D eigenvalue weighted by molar-refractivity contribution is 6.06. The summed E-state index contributed by atoms with van der Waals surface area (Å²) in [6.45, 7) is 6.64. The number of nitrogens with zero attached hydrogens (tertiary/aromatic N) is 6. The molecule has 8 nitrogen and oxygen atoms in total. The van der Waals surface area contributed by atoms with Gasteiger partial charge in [0.05, 0.1) is 6.20 Å². The van der Waals surface area contributed by atoms with E-state index in [4.69, 9.17) is 0 Å². The summed E-state index contributed by atoms with van der Waals surface area (Å²) in [6.07, 6.45) is 8.29. The van der Waals surface area contributed by atoms with E-state index in [1.807, 2.05) is 0 Å². The first-order chi connectivity index (χ1) is 16.9. The van der Waals surface area contributed by atoms with Gasteiger partial charge in [-0.1, -0.05) is 0 Å². The van der Waals surface area contributed by atoms with Crippen LogP contribution in [0, 0.1) is 5.82 Å². The van der Waals surface area contributed by atoms with Crippen molar-refractivity contribution in [3.63, 3.8) is 0 Å². The smallest absolute Gasteiger partial charge is 0.274 e. The summed E-state index contributed by atoms with van der Waals surface area (Å²) in [4.78, 5) is 44.7. The molecule has 0 unspecified atom stereocenters. The molecule has 0 saturated carbocycles. The average molecular weight is 477 g/mol. The monoisotopic (exact) mass is 476 g/mol. The third-order valence-corrected chi connectivity index (χ3v) is 6.15. The van der Waals surface area contributed by atoms with Crippen LogP contribution in [0.4, 0.5) is 10.1 Å². The minimum atomic E-state index is -0.425. The second-order valence-corrected chi connectivity index (χ2v) is 8.77. The lowest BCUT2D eigenvalue weighted by atomic mass is 10.1. The van der Waals surface area contributed by atoms with Crippen LogP contribution >= 0.6 is 0 Å². The summed E-state index contributed by atoms with van der Waals surface area (Å²) in [6, 6.07) is 7.96. The van der Waals surface area contributed by atoms with Gasteiger partial charge in [0.15, 0.2) is 0 Å². The summed E-state index contributed by atoms with van der Waals surface area (Å²) in [7, 11) is 0. The van der Waals surface area contributed by atoms with E-state index in [1.165, 1.54) is 30.7 Å². The Morgan fingerprint density at radius 1 is 0.914 bits per heavy atom. The molecule has 0 fully saturated rings. The van der Waals surface area contributed by atoms with Gasteiger partial charge >= 0.3 is 0 Å². The Morgan fingerprint density at radius 2 is 1.71 bits per heavy atom. The van der Waals surface area contributed by atoms with E-state index in [1.54, 1.807) is 40.4 Å². The molecule has 1 aliphatic heterocycles. The molecule has 0 N–H and O–H groups in total. The molecule has 9 heteroatoms. The highest BCUT2D eigenvalue weighted by Gasteiger charge is 2.26. The molecule has 4 rings (SSSR count). The minimum absolute atomic E-state index is 0.133. The first kappa shape index (κ1) is 24.4.